The van der Waals surface area contributed by atoms with Crippen LogP contribution in [0.4, 0.5) is 5.69 Å². The Bertz CT molecular complexity index is 905. The molecule has 2 aromatic rings. The molecule has 134 valence electrons. The average Bonchev–Trinajstić information content (AvgIpc) is 3.15. The summed E-state index contributed by atoms with van der Waals surface area (Å²) in [5.74, 6) is -0.0868. The minimum Gasteiger partial charge on any atom is -0.463 e. The van der Waals surface area contributed by atoms with Crippen molar-refractivity contribution in [1.82, 2.24) is 10.3 Å². The van der Waals surface area contributed by atoms with E-state index in [0.29, 0.717) is 22.1 Å². The van der Waals surface area contributed by atoms with Crippen LogP contribution in [0.5, 0.6) is 0 Å². The number of allylic oxidation sites excluding steroid dienone is 1. The molecule has 0 saturated heterocycles. The van der Waals surface area contributed by atoms with E-state index in [1.807, 2.05) is 0 Å². The fourth-order valence-corrected chi connectivity index (χ4v) is 3.30. The van der Waals surface area contributed by atoms with Gasteiger partial charge in [0.05, 0.1) is 22.7 Å². The lowest BCUT2D eigenvalue weighted by molar-refractivity contribution is -0.385. The topological polar surface area (TPSA) is 107 Å². The summed E-state index contributed by atoms with van der Waals surface area (Å²) in [5, 5.41) is 17.0. The monoisotopic (exact) mass is 372 g/mol. The maximum Gasteiger partial charge on any atom is 0.338 e. The number of ether oxygens (including phenoxy) is 1. The predicted octanol–water partition coefficient (Wildman–Crippen LogP) is 2.98. The van der Waals surface area contributed by atoms with E-state index < -0.39 is 16.9 Å². The number of thiazole rings is 1. The second-order valence-corrected chi connectivity index (χ2v) is 6.31. The molecule has 0 bridgehead atoms. The lowest BCUT2D eigenvalue weighted by atomic mass is 9.94. The molecule has 1 aliphatic heterocycles. The Hall–Kier alpha value is -3.07. The van der Waals surface area contributed by atoms with Crippen molar-refractivity contribution in [3.8, 4) is 0 Å². The Labute approximate surface area is 153 Å². The van der Waals surface area contributed by atoms with Gasteiger partial charge in [-0.05, 0) is 19.9 Å². The first-order chi connectivity index (χ1) is 12.5. The second kappa shape index (κ2) is 7.44. The van der Waals surface area contributed by atoms with Gasteiger partial charge in [0.1, 0.15) is 6.04 Å². The Balaban J connectivity index is 2.16. The molecule has 0 aliphatic carbocycles. The van der Waals surface area contributed by atoms with Crippen LogP contribution in [0.3, 0.4) is 0 Å². The molecule has 2 heterocycles. The smallest absolute Gasteiger partial charge is 0.338 e. The third-order valence-corrected chi connectivity index (χ3v) is 4.58. The van der Waals surface area contributed by atoms with Crippen LogP contribution in [-0.4, -0.2) is 28.3 Å². The second-order valence-electron chi connectivity index (χ2n) is 5.42. The molecule has 3 rings (SSSR count). The first kappa shape index (κ1) is 17.7. The number of nitrogens with zero attached hydrogens (tertiary/aromatic N) is 3. The SMILES string of the molecule is CCOC(=O)C1=C(C)NC(c2nccs2)=NC1c1ccccc1[N+](=O)[O-]. The number of amidine groups is 1. The first-order valence-corrected chi connectivity index (χ1v) is 8.76. The Morgan fingerprint density at radius 2 is 2.19 bits per heavy atom. The van der Waals surface area contributed by atoms with Gasteiger partial charge in [0, 0.05) is 23.3 Å². The Kier molecular flexibility index (Phi) is 5.08. The van der Waals surface area contributed by atoms with Gasteiger partial charge in [0.15, 0.2) is 10.8 Å². The number of nitrogens with one attached hydrogen (secondary N) is 1. The molecule has 1 aromatic heterocycles. The number of para-hydroxylation sites is 1. The number of nitro benzene ring substituents is 1. The predicted molar refractivity (Wildman–Crippen MR) is 97.0 cm³/mol. The molecular weight excluding hydrogens is 356 g/mol. The fraction of sp³-hybridized carbons (Fsp3) is 0.235. The highest BCUT2D eigenvalue weighted by atomic mass is 32.1. The number of esters is 1. The van der Waals surface area contributed by atoms with E-state index in [1.165, 1.54) is 17.4 Å². The third kappa shape index (κ3) is 3.33. The maximum atomic E-state index is 12.5. The molecular formula is C17H16N4O4S. The quantitative estimate of drug-likeness (QED) is 0.491. The summed E-state index contributed by atoms with van der Waals surface area (Å²) >= 11 is 1.38. The van der Waals surface area contributed by atoms with Crippen LogP contribution >= 0.6 is 11.3 Å². The van der Waals surface area contributed by atoms with Crippen LogP contribution in [0.2, 0.25) is 0 Å². The van der Waals surface area contributed by atoms with Gasteiger partial charge in [-0.3, -0.25) is 15.1 Å². The summed E-state index contributed by atoms with van der Waals surface area (Å²) < 4.78 is 5.14. The van der Waals surface area contributed by atoms with Crippen LogP contribution in [-0.2, 0) is 9.53 Å². The zero-order valence-electron chi connectivity index (χ0n) is 14.1. The number of benzene rings is 1. The van der Waals surface area contributed by atoms with E-state index in [9.17, 15) is 14.9 Å². The van der Waals surface area contributed by atoms with E-state index in [0.717, 1.165) is 0 Å². The number of carbonyl (C=O) groups is 1. The largest absolute Gasteiger partial charge is 0.463 e. The normalized spacial score (nSPS) is 16.7. The van der Waals surface area contributed by atoms with Crippen molar-refractivity contribution in [2.45, 2.75) is 19.9 Å². The number of hydrogen-bond acceptors (Lipinski definition) is 8. The van der Waals surface area contributed by atoms with Gasteiger partial charge in [-0.15, -0.1) is 11.3 Å². The summed E-state index contributed by atoms with van der Waals surface area (Å²) in [5.41, 5.74) is 1.01. The van der Waals surface area contributed by atoms with Crippen molar-refractivity contribution in [2.24, 2.45) is 4.99 Å². The van der Waals surface area contributed by atoms with Gasteiger partial charge in [-0.1, -0.05) is 12.1 Å². The van der Waals surface area contributed by atoms with E-state index in [1.54, 1.807) is 43.6 Å². The summed E-state index contributed by atoms with van der Waals surface area (Å²) in [6.45, 7) is 3.62. The van der Waals surface area contributed by atoms with Crippen LogP contribution < -0.4 is 5.32 Å². The van der Waals surface area contributed by atoms with Gasteiger partial charge in [-0.25, -0.2) is 9.78 Å². The highest BCUT2D eigenvalue weighted by Crippen LogP contribution is 2.37. The molecule has 26 heavy (non-hydrogen) atoms. The molecule has 9 heteroatoms. The molecule has 0 radical (unpaired) electrons. The van der Waals surface area contributed by atoms with Crippen LogP contribution in [0.1, 0.15) is 30.5 Å². The van der Waals surface area contributed by atoms with Crippen molar-refractivity contribution in [2.75, 3.05) is 6.61 Å². The lowest BCUT2D eigenvalue weighted by Gasteiger charge is -2.25. The average molecular weight is 372 g/mol. The lowest BCUT2D eigenvalue weighted by Crippen LogP contribution is -2.33. The number of rotatable bonds is 5. The number of aromatic nitrogens is 1. The summed E-state index contributed by atoms with van der Waals surface area (Å²) in [7, 11) is 0. The summed E-state index contributed by atoms with van der Waals surface area (Å²) in [6.07, 6.45) is 1.64. The van der Waals surface area contributed by atoms with Crippen molar-refractivity contribution in [3.05, 3.63) is 67.8 Å². The summed E-state index contributed by atoms with van der Waals surface area (Å²) in [4.78, 5) is 32.3. The number of nitro groups is 1. The molecule has 1 atom stereocenters. The molecule has 8 nitrogen and oxygen atoms in total. The van der Waals surface area contributed by atoms with Crippen molar-refractivity contribution in [3.63, 3.8) is 0 Å². The van der Waals surface area contributed by atoms with E-state index in [4.69, 9.17) is 4.74 Å². The maximum absolute atomic E-state index is 12.5. The van der Waals surface area contributed by atoms with E-state index in [2.05, 4.69) is 15.3 Å². The van der Waals surface area contributed by atoms with Crippen LogP contribution in [0.15, 0.2) is 52.1 Å². The fourth-order valence-electron chi connectivity index (χ4n) is 2.71. The van der Waals surface area contributed by atoms with Gasteiger partial charge in [0.25, 0.3) is 5.69 Å². The molecule has 1 N–H and O–H groups in total. The third-order valence-electron chi connectivity index (χ3n) is 3.80. The minimum atomic E-state index is -0.851. The molecule has 1 aliphatic rings. The molecule has 0 saturated carbocycles. The van der Waals surface area contributed by atoms with Crippen LogP contribution in [0.25, 0.3) is 0 Å². The van der Waals surface area contributed by atoms with Crippen molar-refractivity contribution < 1.29 is 14.5 Å². The van der Waals surface area contributed by atoms with E-state index >= 15 is 0 Å². The molecule has 0 amide bonds. The Morgan fingerprint density at radius 1 is 1.42 bits per heavy atom. The molecule has 1 aromatic carbocycles. The zero-order chi connectivity index (χ0) is 18.7. The number of carbonyl (C=O) groups excluding carboxylic acids is 1. The van der Waals surface area contributed by atoms with Gasteiger partial charge in [0.2, 0.25) is 0 Å². The van der Waals surface area contributed by atoms with Gasteiger partial charge < -0.3 is 10.1 Å². The molecule has 0 spiro atoms. The molecule has 1 unspecified atom stereocenters. The van der Waals surface area contributed by atoms with Gasteiger partial charge >= 0.3 is 5.97 Å². The minimum absolute atomic E-state index is 0.101. The highest BCUT2D eigenvalue weighted by Gasteiger charge is 2.34. The number of hydrogen-bond donors (Lipinski definition) is 1. The van der Waals surface area contributed by atoms with E-state index in [-0.39, 0.29) is 17.9 Å². The first-order valence-electron chi connectivity index (χ1n) is 7.88. The standard InChI is InChI=1S/C17H16N4O4S/c1-3-25-17(22)13-10(2)19-15(16-18-8-9-26-16)20-14(13)11-6-4-5-7-12(11)21(23)24/h4-9,14H,3H2,1-2H3,(H,19,20). The molecule has 0 fully saturated rings. The number of aliphatic imine (C=N–C) groups is 1. The van der Waals surface area contributed by atoms with Crippen molar-refractivity contribution >= 4 is 28.8 Å². The highest BCUT2D eigenvalue weighted by molar-refractivity contribution is 7.11. The van der Waals surface area contributed by atoms with Gasteiger partial charge in [-0.2, -0.15) is 0 Å². The Morgan fingerprint density at radius 3 is 2.85 bits per heavy atom. The van der Waals surface area contributed by atoms with Crippen molar-refractivity contribution in [1.29, 1.82) is 0 Å². The summed E-state index contributed by atoms with van der Waals surface area (Å²) in [6, 6.07) is 5.41. The zero-order valence-corrected chi connectivity index (χ0v) is 14.9. The van der Waals surface area contributed by atoms with Crippen LogP contribution in [0, 0.1) is 10.1 Å².